The van der Waals surface area contributed by atoms with Gasteiger partial charge in [-0.3, -0.25) is 0 Å². The number of aromatic nitrogens is 3. The largest absolute Gasteiger partial charge is 0.476 e. The number of carboxylic acids is 1. The van der Waals surface area contributed by atoms with Gasteiger partial charge in [-0.25, -0.2) is 17.9 Å². The van der Waals surface area contributed by atoms with Crippen molar-refractivity contribution in [3.05, 3.63) is 11.4 Å². The first-order chi connectivity index (χ1) is 8.85. The second kappa shape index (κ2) is 4.89. The van der Waals surface area contributed by atoms with Crippen LogP contribution < -0.4 is 0 Å². The Kier molecular flexibility index (Phi) is 3.59. The number of aliphatic hydroxyl groups is 1. The van der Waals surface area contributed by atoms with Crippen LogP contribution in [0.1, 0.15) is 35.6 Å². The third-order valence-electron chi connectivity index (χ3n) is 3.09. The van der Waals surface area contributed by atoms with Crippen molar-refractivity contribution in [3.63, 3.8) is 0 Å². The highest BCUT2D eigenvalue weighted by molar-refractivity contribution is 7.91. The highest BCUT2D eigenvalue weighted by atomic mass is 32.2. The van der Waals surface area contributed by atoms with Gasteiger partial charge in [0, 0.05) is 0 Å². The molecule has 1 aromatic heterocycles. The molecule has 19 heavy (non-hydrogen) atoms. The van der Waals surface area contributed by atoms with Gasteiger partial charge in [0.25, 0.3) is 0 Å². The Morgan fingerprint density at radius 2 is 2.16 bits per heavy atom. The Morgan fingerprint density at radius 1 is 1.47 bits per heavy atom. The third-order valence-corrected chi connectivity index (χ3v) is 4.79. The van der Waals surface area contributed by atoms with E-state index in [9.17, 15) is 18.3 Å². The molecule has 1 aliphatic heterocycles. The Bertz CT molecular complexity index is 594. The highest BCUT2D eigenvalue weighted by Gasteiger charge is 2.40. The van der Waals surface area contributed by atoms with Crippen LogP contribution in [0.5, 0.6) is 0 Å². The monoisotopic (exact) mass is 289 g/mol. The standard InChI is InChI=1S/C10H15N3O5S/c1-2-3-6-9(10(15)16)11-12-13(6)7-4-19(17,18)5-8(7)14/h7-8,14H,2-5H2,1H3,(H,15,16). The topological polar surface area (TPSA) is 122 Å². The number of rotatable bonds is 4. The average molecular weight is 289 g/mol. The second-order valence-corrected chi connectivity index (χ2v) is 6.75. The zero-order valence-electron chi connectivity index (χ0n) is 10.4. The molecule has 2 rings (SSSR count). The van der Waals surface area contributed by atoms with Crippen LogP contribution >= 0.6 is 0 Å². The molecule has 0 spiro atoms. The summed E-state index contributed by atoms with van der Waals surface area (Å²) >= 11 is 0. The molecule has 1 saturated heterocycles. The second-order valence-electron chi connectivity index (χ2n) is 4.60. The molecule has 2 atom stereocenters. The van der Waals surface area contributed by atoms with Crippen molar-refractivity contribution in [1.82, 2.24) is 15.0 Å². The van der Waals surface area contributed by atoms with Crippen LogP contribution in [-0.2, 0) is 16.3 Å². The summed E-state index contributed by atoms with van der Waals surface area (Å²) in [5.74, 6) is -1.77. The lowest BCUT2D eigenvalue weighted by atomic mass is 10.1. The Morgan fingerprint density at radius 3 is 2.63 bits per heavy atom. The first-order valence-corrected chi connectivity index (χ1v) is 7.73. The van der Waals surface area contributed by atoms with E-state index >= 15 is 0 Å². The van der Waals surface area contributed by atoms with Crippen molar-refractivity contribution in [1.29, 1.82) is 0 Å². The zero-order valence-corrected chi connectivity index (χ0v) is 11.2. The van der Waals surface area contributed by atoms with Gasteiger partial charge in [0.15, 0.2) is 15.5 Å². The minimum absolute atomic E-state index is 0.182. The molecule has 2 heterocycles. The quantitative estimate of drug-likeness (QED) is 0.748. The molecule has 0 aliphatic carbocycles. The summed E-state index contributed by atoms with van der Waals surface area (Å²) in [6, 6.07) is -0.757. The van der Waals surface area contributed by atoms with Crippen molar-refractivity contribution in [3.8, 4) is 0 Å². The van der Waals surface area contributed by atoms with Gasteiger partial charge in [-0.2, -0.15) is 0 Å². The number of aliphatic hydroxyl groups excluding tert-OH is 1. The number of sulfone groups is 1. The van der Waals surface area contributed by atoms with E-state index in [0.29, 0.717) is 18.5 Å². The first-order valence-electron chi connectivity index (χ1n) is 5.91. The van der Waals surface area contributed by atoms with Crippen LogP contribution in [0.2, 0.25) is 0 Å². The fourth-order valence-corrected chi connectivity index (χ4v) is 4.02. The maximum atomic E-state index is 11.5. The molecule has 1 aliphatic rings. The van der Waals surface area contributed by atoms with Gasteiger partial charge in [-0.15, -0.1) is 5.10 Å². The summed E-state index contributed by atoms with van der Waals surface area (Å²) < 4.78 is 24.2. The molecule has 8 nitrogen and oxygen atoms in total. The van der Waals surface area contributed by atoms with Crippen molar-refractivity contribution >= 4 is 15.8 Å². The SMILES string of the molecule is CCCc1c(C(=O)O)nnn1C1CS(=O)(=O)CC1O. The molecule has 1 fully saturated rings. The minimum Gasteiger partial charge on any atom is -0.476 e. The van der Waals surface area contributed by atoms with E-state index < -0.39 is 28.0 Å². The van der Waals surface area contributed by atoms with E-state index in [1.807, 2.05) is 6.92 Å². The van der Waals surface area contributed by atoms with E-state index in [2.05, 4.69) is 10.3 Å². The van der Waals surface area contributed by atoms with E-state index in [1.54, 1.807) is 0 Å². The maximum Gasteiger partial charge on any atom is 0.358 e. The van der Waals surface area contributed by atoms with Crippen LogP contribution in [0, 0.1) is 0 Å². The van der Waals surface area contributed by atoms with Crippen molar-refractivity contribution < 1.29 is 23.4 Å². The van der Waals surface area contributed by atoms with Crippen LogP contribution in [0.3, 0.4) is 0 Å². The van der Waals surface area contributed by atoms with Crippen molar-refractivity contribution in [2.45, 2.75) is 31.9 Å². The molecular weight excluding hydrogens is 274 g/mol. The number of carbonyl (C=O) groups is 1. The Balaban J connectivity index is 2.43. The number of hydrogen-bond acceptors (Lipinski definition) is 6. The van der Waals surface area contributed by atoms with E-state index in [1.165, 1.54) is 4.68 Å². The number of aromatic carboxylic acids is 1. The third kappa shape index (κ3) is 2.61. The molecule has 106 valence electrons. The highest BCUT2D eigenvalue weighted by Crippen LogP contribution is 2.26. The van der Waals surface area contributed by atoms with Gasteiger partial charge in [0.1, 0.15) is 0 Å². The molecule has 0 saturated carbocycles. The first kappa shape index (κ1) is 13.9. The fraction of sp³-hybridized carbons (Fsp3) is 0.700. The van der Waals surface area contributed by atoms with E-state index in [-0.39, 0.29) is 17.2 Å². The molecule has 1 aromatic rings. The predicted molar refractivity (Wildman–Crippen MR) is 64.7 cm³/mol. The maximum absolute atomic E-state index is 11.5. The van der Waals surface area contributed by atoms with E-state index in [0.717, 1.165) is 0 Å². The van der Waals surface area contributed by atoms with Crippen LogP contribution in [0.4, 0.5) is 0 Å². The van der Waals surface area contributed by atoms with Crippen molar-refractivity contribution in [2.75, 3.05) is 11.5 Å². The van der Waals surface area contributed by atoms with Gasteiger partial charge in [-0.1, -0.05) is 18.6 Å². The molecule has 2 N–H and O–H groups in total. The molecule has 2 unspecified atom stereocenters. The molecule has 0 bridgehead atoms. The summed E-state index contributed by atoms with van der Waals surface area (Å²) in [5.41, 5.74) is 0.175. The molecule has 0 radical (unpaired) electrons. The van der Waals surface area contributed by atoms with E-state index in [4.69, 9.17) is 5.11 Å². The Hall–Kier alpha value is -1.48. The summed E-state index contributed by atoms with van der Waals surface area (Å²) in [4.78, 5) is 11.0. The zero-order chi connectivity index (χ0) is 14.2. The van der Waals surface area contributed by atoms with Gasteiger partial charge in [0.2, 0.25) is 0 Å². The lowest BCUT2D eigenvalue weighted by Gasteiger charge is -2.15. The minimum atomic E-state index is -3.32. The van der Waals surface area contributed by atoms with Gasteiger partial charge in [0.05, 0.1) is 29.3 Å². The summed E-state index contributed by atoms with van der Waals surface area (Å²) in [6.45, 7) is 1.87. The summed E-state index contributed by atoms with van der Waals surface area (Å²) in [5, 5.41) is 26.1. The van der Waals surface area contributed by atoms with Crippen LogP contribution in [0.25, 0.3) is 0 Å². The molecular formula is C10H15N3O5S. The van der Waals surface area contributed by atoms with Gasteiger partial charge in [-0.05, 0) is 6.42 Å². The lowest BCUT2D eigenvalue weighted by Crippen LogP contribution is -2.25. The van der Waals surface area contributed by atoms with Gasteiger partial charge >= 0.3 is 5.97 Å². The van der Waals surface area contributed by atoms with Gasteiger partial charge < -0.3 is 10.2 Å². The van der Waals surface area contributed by atoms with Crippen LogP contribution in [0.15, 0.2) is 0 Å². The smallest absolute Gasteiger partial charge is 0.358 e. The normalized spacial score (nSPS) is 25.6. The number of carboxylic acid groups (broad SMARTS) is 1. The van der Waals surface area contributed by atoms with Crippen LogP contribution in [-0.4, -0.2) is 57.2 Å². The fourth-order valence-electron chi connectivity index (χ4n) is 2.26. The number of hydrogen-bond donors (Lipinski definition) is 2. The van der Waals surface area contributed by atoms with Crippen molar-refractivity contribution in [2.24, 2.45) is 0 Å². The number of nitrogens with zero attached hydrogens (tertiary/aromatic N) is 3. The predicted octanol–water partition coefficient (Wildman–Crippen LogP) is -0.741. The molecule has 9 heteroatoms. The summed E-state index contributed by atoms with van der Waals surface area (Å²) in [6.07, 6.45) is 0.00477. The summed E-state index contributed by atoms with van der Waals surface area (Å²) in [7, 11) is -3.32. The molecule has 0 amide bonds. The Labute approximate surface area is 110 Å². The average Bonchev–Trinajstić information content (AvgIpc) is 2.80. The molecule has 0 aromatic carbocycles. The lowest BCUT2D eigenvalue weighted by molar-refractivity contribution is 0.0688.